The number of nitrogens with one attached hydrogen (secondary N) is 1. The molecule has 5 nitrogen and oxygen atoms in total. The van der Waals surface area contributed by atoms with Gasteiger partial charge in [0.05, 0.1) is 0 Å². The van der Waals surface area contributed by atoms with E-state index in [4.69, 9.17) is 0 Å². The molecule has 0 aromatic heterocycles. The van der Waals surface area contributed by atoms with Gasteiger partial charge in [0.1, 0.15) is 0 Å². The molecule has 5 heteroatoms. The van der Waals surface area contributed by atoms with Crippen molar-refractivity contribution in [1.82, 2.24) is 4.90 Å². The summed E-state index contributed by atoms with van der Waals surface area (Å²) in [5.41, 5.74) is 4.06. The summed E-state index contributed by atoms with van der Waals surface area (Å²) in [4.78, 5) is 29.5. The number of piperazine rings is 1. The molecule has 1 aliphatic heterocycles. The van der Waals surface area contributed by atoms with Crippen LogP contribution in [0.3, 0.4) is 0 Å². The van der Waals surface area contributed by atoms with Gasteiger partial charge >= 0.3 is 11.8 Å². The zero-order valence-electron chi connectivity index (χ0n) is 17.8. The van der Waals surface area contributed by atoms with Gasteiger partial charge in [0.25, 0.3) is 0 Å². The van der Waals surface area contributed by atoms with Crippen molar-refractivity contribution in [1.29, 1.82) is 0 Å². The lowest BCUT2D eigenvalue weighted by molar-refractivity contribution is -0.143. The maximum Gasteiger partial charge on any atom is 0.313 e. The highest BCUT2D eigenvalue weighted by atomic mass is 16.2. The van der Waals surface area contributed by atoms with Crippen LogP contribution in [0.4, 0.5) is 11.4 Å². The topological polar surface area (TPSA) is 52.7 Å². The number of hydrogen-bond acceptors (Lipinski definition) is 3. The van der Waals surface area contributed by atoms with E-state index < -0.39 is 11.8 Å². The molecule has 1 heterocycles. The lowest BCUT2D eigenvalue weighted by Gasteiger charge is -2.35. The second kappa shape index (κ2) is 9.12. The van der Waals surface area contributed by atoms with Gasteiger partial charge in [-0.15, -0.1) is 0 Å². The maximum atomic E-state index is 12.8. The molecule has 2 amide bonds. The van der Waals surface area contributed by atoms with E-state index in [1.165, 1.54) is 0 Å². The summed E-state index contributed by atoms with van der Waals surface area (Å²) in [5, 5.41) is 2.94. The Kier molecular flexibility index (Phi) is 6.57. The number of nitrogens with zero attached hydrogens (tertiary/aromatic N) is 2. The molecule has 29 heavy (non-hydrogen) atoms. The number of rotatable bonds is 4. The van der Waals surface area contributed by atoms with Crippen molar-refractivity contribution in [2.75, 3.05) is 36.4 Å². The van der Waals surface area contributed by atoms with Crippen LogP contribution in [0.15, 0.2) is 48.5 Å². The summed E-state index contributed by atoms with van der Waals surface area (Å²) in [5.74, 6) is -0.485. The smallest absolute Gasteiger partial charge is 0.313 e. The fourth-order valence-electron chi connectivity index (χ4n) is 3.81. The monoisotopic (exact) mass is 393 g/mol. The first-order valence-electron chi connectivity index (χ1n) is 10.4. The predicted octanol–water partition coefficient (Wildman–Crippen LogP) is 4.22. The van der Waals surface area contributed by atoms with Crippen LogP contribution in [-0.2, 0) is 9.59 Å². The van der Waals surface area contributed by atoms with Crippen LogP contribution >= 0.6 is 0 Å². The number of anilines is 2. The van der Waals surface area contributed by atoms with Gasteiger partial charge in [-0.2, -0.15) is 0 Å². The molecule has 2 aromatic carbocycles. The molecule has 0 atom stereocenters. The summed E-state index contributed by atoms with van der Waals surface area (Å²) < 4.78 is 0. The molecule has 0 radical (unpaired) electrons. The highest BCUT2D eigenvalue weighted by Crippen LogP contribution is 2.32. The lowest BCUT2D eigenvalue weighted by Crippen LogP contribution is -2.51. The van der Waals surface area contributed by atoms with Gasteiger partial charge < -0.3 is 15.1 Å². The van der Waals surface area contributed by atoms with Crippen molar-refractivity contribution < 1.29 is 9.59 Å². The van der Waals surface area contributed by atoms with Gasteiger partial charge in [0.15, 0.2) is 0 Å². The first kappa shape index (κ1) is 20.9. The van der Waals surface area contributed by atoms with E-state index in [9.17, 15) is 9.59 Å². The molecular formula is C24H31N3O2. The first-order valence-corrected chi connectivity index (χ1v) is 10.4. The summed E-state index contributed by atoms with van der Waals surface area (Å²) >= 11 is 0. The minimum atomic E-state index is -0.548. The normalized spacial score (nSPS) is 14.4. The average molecular weight is 394 g/mol. The molecule has 1 fully saturated rings. The van der Waals surface area contributed by atoms with Gasteiger partial charge in [-0.1, -0.05) is 64.1 Å². The minimum absolute atomic E-state index is 0.258. The zero-order chi connectivity index (χ0) is 21.0. The molecule has 0 saturated carbocycles. The molecular weight excluding hydrogens is 362 g/mol. The highest BCUT2D eigenvalue weighted by molar-refractivity contribution is 6.39. The number of hydrogen-bond donors (Lipinski definition) is 1. The predicted molar refractivity (Wildman–Crippen MR) is 118 cm³/mol. The van der Waals surface area contributed by atoms with Gasteiger partial charge in [-0.3, -0.25) is 9.59 Å². The minimum Gasteiger partial charge on any atom is -0.368 e. The average Bonchev–Trinajstić information content (AvgIpc) is 2.73. The van der Waals surface area contributed by atoms with E-state index in [1.54, 1.807) is 4.90 Å². The Balaban J connectivity index is 1.68. The van der Waals surface area contributed by atoms with Crippen LogP contribution in [0, 0.1) is 0 Å². The molecule has 1 aliphatic rings. The zero-order valence-corrected chi connectivity index (χ0v) is 17.8. The van der Waals surface area contributed by atoms with E-state index in [1.807, 2.05) is 36.4 Å². The van der Waals surface area contributed by atoms with Crippen molar-refractivity contribution in [2.24, 2.45) is 0 Å². The number of carbonyl (C=O) groups is 2. The fourth-order valence-corrected chi connectivity index (χ4v) is 3.81. The van der Waals surface area contributed by atoms with Gasteiger partial charge in [-0.05, 0) is 35.1 Å². The Hall–Kier alpha value is -2.82. The Morgan fingerprint density at radius 2 is 1.34 bits per heavy atom. The van der Waals surface area contributed by atoms with Crippen LogP contribution in [-0.4, -0.2) is 42.9 Å². The second-order valence-corrected chi connectivity index (χ2v) is 8.19. The highest BCUT2D eigenvalue weighted by Gasteiger charge is 2.27. The van der Waals surface area contributed by atoms with Crippen LogP contribution in [0.1, 0.15) is 50.7 Å². The van der Waals surface area contributed by atoms with E-state index >= 15 is 0 Å². The summed E-state index contributed by atoms with van der Waals surface area (Å²) in [7, 11) is 0. The van der Waals surface area contributed by atoms with Crippen molar-refractivity contribution in [3.63, 3.8) is 0 Å². The Morgan fingerprint density at radius 3 is 1.86 bits per heavy atom. The van der Waals surface area contributed by atoms with Gasteiger partial charge in [-0.25, -0.2) is 0 Å². The molecule has 0 bridgehead atoms. The first-order chi connectivity index (χ1) is 13.9. The Labute approximate surface area is 173 Å². The van der Waals surface area contributed by atoms with Crippen LogP contribution in [0.25, 0.3) is 0 Å². The van der Waals surface area contributed by atoms with E-state index in [-0.39, 0.29) is 11.8 Å². The number of para-hydroxylation sites is 2. The Morgan fingerprint density at radius 1 is 0.793 bits per heavy atom. The summed E-state index contributed by atoms with van der Waals surface area (Å²) in [6.07, 6.45) is 0. The number of carbonyl (C=O) groups excluding carboxylic acids is 2. The molecule has 1 saturated heterocycles. The van der Waals surface area contributed by atoms with Crippen molar-refractivity contribution >= 4 is 23.2 Å². The van der Waals surface area contributed by atoms with Crippen molar-refractivity contribution in [2.45, 2.75) is 39.5 Å². The molecule has 2 aromatic rings. The molecule has 1 N–H and O–H groups in total. The van der Waals surface area contributed by atoms with Crippen LogP contribution in [0.2, 0.25) is 0 Å². The quantitative estimate of drug-likeness (QED) is 0.792. The van der Waals surface area contributed by atoms with Crippen LogP contribution in [0.5, 0.6) is 0 Å². The third kappa shape index (κ3) is 4.78. The van der Waals surface area contributed by atoms with E-state index in [0.29, 0.717) is 13.1 Å². The molecule has 0 aliphatic carbocycles. The fraction of sp³-hybridized carbons (Fsp3) is 0.417. The largest absolute Gasteiger partial charge is 0.368 e. The van der Waals surface area contributed by atoms with Crippen molar-refractivity contribution in [3.05, 3.63) is 59.7 Å². The molecule has 0 unspecified atom stereocenters. The van der Waals surface area contributed by atoms with E-state index in [2.05, 4.69) is 50.0 Å². The maximum absolute atomic E-state index is 12.8. The lowest BCUT2D eigenvalue weighted by atomic mass is 9.92. The third-order valence-corrected chi connectivity index (χ3v) is 5.49. The van der Waals surface area contributed by atoms with E-state index in [0.717, 1.165) is 35.6 Å². The van der Waals surface area contributed by atoms with Gasteiger partial charge in [0.2, 0.25) is 0 Å². The summed E-state index contributed by atoms with van der Waals surface area (Å²) in [6, 6.07) is 16.2. The molecule has 0 spiro atoms. The third-order valence-electron chi connectivity index (χ3n) is 5.49. The molecule has 154 valence electrons. The van der Waals surface area contributed by atoms with Gasteiger partial charge in [0, 0.05) is 37.6 Å². The summed E-state index contributed by atoms with van der Waals surface area (Å²) in [6.45, 7) is 10.9. The second-order valence-electron chi connectivity index (χ2n) is 8.19. The van der Waals surface area contributed by atoms with Crippen LogP contribution < -0.4 is 10.2 Å². The standard InChI is InChI=1S/C24H31N3O2/c1-17(2)20-11-8-12-21(18(3)4)22(20)25-23(28)24(29)27-15-13-26(14-16-27)19-9-6-5-7-10-19/h5-12,17-18H,13-16H2,1-4H3,(H,25,28). The molecule has 3 rings (SSSR count). The number of amides is 2. The van der Waals surface area contributed by atoms with Crippen molar-refractivity contribution in [3.8, 4) is 0 Å². The Bertz CT molecular complexity index is 827. The SMILES string of the molecule is CC(C)c1cccc(C(C)C)c1NC(=O)C(=O)N1CCN(c2ccccc2)CC1. The number of benzene rings is 2.